The van der Waals surface area contributed by atoms with Crippen molar-refractivity contribution < 1.29 is 4.92 Å². The Bertz CT molecular complexity index is 1350. The third-order valence-corrected chi connectivity index (χ3v) is 7.95. The first-order chi connectivity index (χ1) is 15.8. The summed E-state index contributed by atoms with van der Waals surface area (Å²) in [5.41, 5.74) is 5.19. The molecule has 0 amide bonds. The fraction of sp³-hybridized carbons (Fsp3) is 0.308. The number of nitrogens with zero attached hydrogens (tertiary/aromatic N) is 4. The van der Waals surface area contributed by atoms with Gasteiger partial charge >= 0.3 is 0 Å². The minimum Gasteiger partial charge on any atom is -0.258 e. The number of aryl methyl sites for hydroxylation is 1. The van der Waals surface area contributed by atoms with Gasteiger partial charge in [-0.1, -0.05) is 49.8 Å². The molecule has 168 valence electrons. The minimum absolute atomic E-state index is 0.0588. The molecule has 2 bridgehead atoms. The Morgan fingerprint density at radius 1 is 1.21 bits per heavy atom. The molecule has 3 aliphatic rings. The van der Waals surface area contributed by atoms with Crippen LogP contribution < -0.4 is 4.80 Å². The molecule has 1 saturated carbocycles. The maximum Gasteiger partial charge on any atom is 0.270 e. The number of benzene rings is 2. The summed E-state index contributed by atoms with van der Waals surface area (Å²) in [6.07, 6.45) is 6.59. The number of nitro groups is 1. The van der Waals surface area contributed by atoms with E-state index in [9.17, 15) is 10.1 Å². The molecule has 2 unspecified atom stereocenters. The van der Waals surface area contributed by atoms with Gasteiger partial charge in [0.15, 0.2) is 0 Å². The zero-order valence-corrected chi connectivity index (χ0v) is 19.7. The zero-order valence-electron chi connectivity index (χ0n) is 18.9. The SMILES string of the molecule is Cc1ccc(N=c2scc(-c3cccc([N+](=O)[O-])c3)n2N=CC2=CCC3CC2C3(C)C)cc1. The number of aromatic nitrogens is 1. The molecule has 2 atom stereocenters. The summed E-state index contributed by atoms with van der Waals surface area (Å²) in [6, 6.07) is 14.7. The minimum atomic E-state index is -0.372. The van der Waals surface area contributed by atoms with Crippen molar-refractivity contribution in [2.45, 2.75) is 33.6 Å². The van der Waals surface area contributed by atoms with Gasteiger partial charge in [-0.05, 0) is 54.7 Å². The molecular weight excluding hydrogens is 432 g/mol. The first kappa shape index (κ1) is 21.5. The quantitative estimate of drug-likeness (QED) is 0.249. The lowest BCUT2D eigenvalue weighted by atomic mass is 9.49. The molecule has 0 N–H and O–H groups in total. The van der Waals surface area contributed by atoms with Crippen molar-refractivity contribution in [3.8, 4) is 11.3 Å². The number of fused-ring (bicyclic) bond motifs is 1. The van der Waals surface area contributed by atoms with Gasteiger partial charge in [0.1, 0.15) is 0 Å². The van der Waals surface area contributed by atoms with E-state index in [0.717, 1.165) is 34.1 Å². The van der Waals surface area contributed by atoms with Crippen LogP contribution in [-0.2, 0) is 0 Å². The van der Waals surface area contributed by atoms with Crippen LogP contribution in [-0.4, -0.2) is 15.8 Å². The second-order valence-electron chi connectivity index (χ2n) is 9.46. The topological polar surface area (TPSA) is 72.8 Å². The van der Waals surface area contributed by atoms with Crippen LogP contribution in [0.1, 0.15) is 32.3 Å². The van der Waals surface area contributed by atoms with Gasteiger partial charge in [0.25, 0.3) is 5.69 Å². The highest BCUT2D eigenvalue weighted by Gasteiger charge is 2.50. The zero-order chi connectivity index (χ0) is 23.2. The van der Waals surface area contributed by atoms with E-state index in [4.69, 9.17) is 10.1 Å². The van der Waals surface area contributed by atoms with Crippen molar-refractivity contribution >= 4 is 28.9 Å². The van der Waals surface area contributed by atoms with Gasteiger partial charge in [-0.3, -0.25) is 10.1 Å². The normalized spacial score (nSPS) is 21.7. The predicted molar refractivity (Wildman–Crippen MR) is 133 cm³/mol. The van der Waals surface area contributed by atoms with Gasteiger partial charge in [0, 0.05) is 23.1 Å². The van der Waals surface area contributed by atoms with Crippen molar-refractivity contribution in [3.05, 3.63) is 86.0 Å². The summed E-state index contributed by atoms with van der Waals surface area (Å²) in [5.74, 6) is 1.29. The first-order valence-electron chi connectivity index (χ1n) is 11.1. The fourth-order valence-electron chi connectivity index (χ4n) is 4.86. The molecule has 6 nitrogen and oxygen atoms in total. The van der Waals surface area contributed by atoms with Crippen molar-refractivity contribution in [1.82, 2.24) is 4.68 Å². The second kappa shape index (κ2) is 8.23. The van der Waals surface area contributed by atoms with Crippen LogP contribution in [0.3, 0.4) is 0 Å². The van der Waals surface area contributed by atoms with Gasteiger partial charge in [0.2, 0.25) is 4.80 Å². The van der Waals surface area contributed by atoms with Crippen LogP contribution in [0.25, 0.3) is 11.3 Å². The van der Waals surface area contributed by atoms with Crippen LogP contribution in [0, 0.1) is 34.3 Å². The number of hydrogen-bond acceptors (Lipinski definition) is 5. The Hall–Kier alpha value is -3.32. The van der Waals surface area contributed by atoms with E-state index in [1.165, 1.54) is 35.0 Å². The molecule has 0 aliphatic heterocycles. The highest BCUT2D eigenvalue weighted by Crippen LogP contribution is 2.58. The molecule has 33 heavy (non-hydrogen) atoms. The number of nitro benzene ring substituents is 1. The number of hydrogen-bond donors (Lipinski definition) is 0. The molecule has 0 saturated heterocycles. The number of non-ortho nitro benzene ring substituents is 1. The van der Waals surface area contributed by atoms with Gasteiger partial charge in [-0.15, -0.1) is 11.3 Å². The van der Waals surface area contributed by atoms with E-state index in [0.29, 0.717) is 11.3 Å². The van der Waals surface area contributed by atoms with Crippen molar-refractivity contribution in [2.75, 3.05) is 0 Å². The van der Waals surface area contributed by atoms with Gasteiger partial charge < -0.3 is 0 Å². The van der Waals surface area contributed by atoms with Crippen molar-refractivity contribution in [2.24, 2.45) is 27.3 Å². The lowest BCUT2D eigenvalue weighted by Crippen LogP contribution is -2.48. The average Bonchev–Trinajstić information content (AvgIpc) is 3.21. The number of allylic oxidation sites excluding steroid dienone is 2. The van der Waals surface area contributed by atoms with E-state index in [2.05, 4.69) is 19.9 Å². The summed E-state index contributed by atoms with van der Waals surface area (Å²) < 4.78 is 1.81. The second-order valence-corrected chi connectivity index (χ2v) is 10.3. The Balaban J connectivity index is 1.60. The van der Waals surface area contributed by atoms with E-state index in [-0.39, 0.29) is 10.6 Å². The third-order valence-electron chi connectivity index (χ3n) is 7.13. The molecule has 6 rings (SSSR count). The number of thiazole rings is 1. The largest absolute Gasteiger partial charge is 0.270 e. The maximum absolute atomic E-state index is 11.3. The van der Waals surface area contributed by atoms with E-state index >= 15 is 0 Å². The average molecular weight is 459 g/mol. The Kier molecular flexibility index (Phi) is 5.37. The third kappa shape index (κ3) is 3.97. The summed E-state index contributed by atoms with van der Waals surface area (Å²) in [7, 11) is 0. The highest BCUT2D eigenvalue weighted by molar-refractivity contribution is 7.07. The van der Waals surface area contributed by atoms with Gasteiger partial charge in [-0.25, -0.2) is 9.67 Å². The Morgan fingerprint density at radius 2 is 2.00 bits per heavy atom. The van der Waals surface area contributed by atoms with Crippen LogP contribution >= 0.6 is 11.3 Å². The van der Waals surface area contributed by atoms with Crippen LogP contribution in [0.2, 0.25) is 0 Å². The first-order valence-corrected chi connectivity index (χ1v) is 12.0. The molecule has 2 aromatic carbocycles. The summed E-state index contributed by atoms with van der Waals surface area (Å²) >= 11 is 1.47. The molecule has 1 heterocycles. The molecule has 1 aromatic heterocycles. The van der Waals surface area contributed by atoms with Crippen LogP contribution in [0.5, 0.6) is 0 Å². The van der Waals surface area contributed by atoms with Crippen molar-refractivity contribution in [1.29, 1.82) is 0 Å². The van der Waals surface area contributed by atoms with E-state index in [1.54, 1.807) is 12.1 Å². The standard InChI is InChI=1S/C26H26N4O2S/c1-17-7-11-21(12-8-17)28-25-29(27-15-19-9-10-20-14-23(19)26(20,2)3)24(16-33-25)18-5-4-6-22(13-18)30(31)32/h4-9,11-13,15-16,20,23H,10,14H2,1-3H3. The molecule has 1 fully saturated rings. The lowest BCUT2D eigenvalue weighted by molar-refractivity contribution is -0.384. The summed E-state index contributed by atoms with van der Waals surface area (Å²) in [6.45, 7) is 6.73. The maximum atomic E-state index is 11.3. The van der Waals surface area contributed by atoms with Gasteiger partial charge in [0.05, 0.1) is 22.5 Å². The lowest BCUT2D eigenvalue weighted by Gasteiger charge is -2.55. The molecule has 7 heteroatoms. The van der Waals surface area contributed by atoms with Crippen LogP contribution in [0.4, 0.5) is 11.4 Å². The van der Waals surface area contributed by atoms with Crippen LogP contribution in [0.15, 0.2) is 75.7 Å². The Morgan fingerprint density at radius 3 is 2.70 bits per heavy atom. The molecule has 0 spiro atoms. The monoisotopic (exact) mass is 458 g/mol. The Labute approximate surface area is 196 Å². The molecule has 0 radical (unpaired) electrons. The van der Waals surface area contributed by atoms with Gasteiger partial charge in [-0.2, -0.15) is 5.10 Å². The van der Waals surface area contributed by atoms with E-state index in [1.807, 2.05) is 53.5 Å². The predicted octanol–water partition coefficient (Wildman–Crippen LogP) is 6.49. The van der Waals surface area contributed by atoms with E-state index < -0.39 is 0 Å². The smallest absolute Gasteiger partial charge is 0.258 e. The molecular formula is C26H26N4O2S. The fourth-order valence-corrected chi connectivity index (χ4v) is 5.72. The summed E-state index contributed by atoms with van der Waals surface area (Å²) in [5, 5.41) is 18.1. The molecule has 3 aliphatic carbocycles. The summed E-state index contributed by atoms with van der Waals surface area (Å²) in [4.78, 5) is 16.5. The van der Waals surface area contributed by atoms with Crippen molar-refractivity contribution in [3.63, 3.8) is 0 Å². The molecule has 3 aromatic rings. The highest BCUT2D eigenvalue weighted by atomic mass is 32.1. The number of rotatable bonds is 5.